The molecule has 1 aliphatic carbocycles. The summed E-state index contributed by atoms with van der Waals surface area (Å²) in [5, 5.41) is 3.39. The van der Waals surface area contributed by atoms with E-state index in [9.17, 15) is 0 Å². The van der Waals surface area contributed by atoms with E-state index < -0.39 is 0 Å². The molecule has 1 aromatic heterocycles. The summed E-state index contributed by atoms with van der Waals surface area (Å²) in [6.07, 6.45) is 2.49. The van der Waals surface area contributed by atoms with Gasteiger partial charge in [0.2, 0.25) is 0 Å². The van der Waals surface area contributed by atoms with E-state index in [1.165, 1.54) is 12.8 Å². The minimum absolute atomic E-state index is 0.613. The van der Waals surface area contributed by atoms with Crippen LogP contribution < -0.4 is 16.0 Å². The van der Waals surface area contributed by atoms with Crippen molar-refractivity contribution < 1.29 is 0 Å². The summed E-state index contributed by atoms with van der Waals surface area (Å²) < 4.78 is 0. The van der Waals surface area contributed by atoms with E-state index in [-0.39, 0.29) is 0 Å². The molecule has 0 aromatic carbocycles. The van der Waals surface area contributed by atoms with Crippen molar-refractivity contribution in [1.82, 2.24) is 9.97 Å². The number of hydrogen-bond donors (Lipinski definition) is 2. The third kappa shape index (κ3) is 2.82. The van der Waals surface area contributed by atoms with Crippen molar-refractivity contribution in [2.45, 2.75) is 25.8 Å². The molecule has 1 saturated carbocycles. The molecule has 0 radical (unpaired) electrons. The van der Waals surface area contributed by atoms with E-state index >= 15 is 0 Å². The third-order valence-corrected chi connectivity index (χ3v) is 2.61. The van der Waals surface area contributed by atoms with Crippen LogP contribution in [0.15, 0.2) is 6.07 Å². The lowest BCUT2D eigenvalue weighted by molar-refractivity contribution is 0.856. The van der Waals surface area contributed by atoms with Crippen LogP contribution in [0.2, 0.25) is 0 Å². The molecule has 0 aliphatic heterocycles. The first kappa shape index (κ1) is 11.1. The van der Waals surface area contributed by atoms with Gasteiger partial charge in [-0.05, 0) is 19.8 Å². The van der Waals surface area contributed by atoms with Crippen LogP contribution >= 0.6 is 0 Å². The van der Waals surface area contributed by atoms with Gasteiger partial charge in [0.15, 0.2) is 0 Å². The second-order valence-electron chi connectivity index (χ2n) is 4.29. The maximum Gasteiger partial charge on any atom is 0.134 e. The van der Waals surface area contributed by atoms with Gasteiger partial charge in [0, 0.05) is 32.2 Å². The smallest absolute Gasteiger partial charge is 0.134 e. The average molecular weight is 221 g/mol. The summed E-state index contributed by atoms with van der Waals surface area (Å²) in [5.74, 6) is 2.65. The van der Waals surface area contributed by atoms with Gasteiger partial charge in [-0.2, -0.15) is 0 Å². The molecule has 5 nitrogen and oxygen atoms in total. The van der Waals surface area contributed by atoms with Crippen molar-refractivity contribution in [2.24, 2.45) is 5.73 Å². The molecular weight excluding hydrogens is 202 g/mol. The summed E-state index contributed by atoms with van der Waals surface area (Å²) in [4.78, 5) is 10.8. The Bertz CT molecular complexity index is 361. The third-order valence-electron chi connectivity index (χ3n) is 2.61. The van der Waals surface area contributed by atoms with E-state index in [0.29, 0.717) is 12.6 Å². The number of aromatic nitrogens is 2. The van der Waals surface area contributed by atoms with Gasteiger partial charge in [0.05, 0.1) is 0 Å². The number of nitrogens with zero attached hydrogens (tertiary/aromatic N) is 3. The SMILES string of the molecule is Cc1nc(NC2CC2)cc(N(C)CCN)n1. The molecule has 0 saturated heterocycles. The molecule has 5 heteroatoms. The monoisotopic (exact) mass is 221 g/mol. The molecule has 3 N–H and O–H groups in total. The fourth-order valence-electron chi connectivity index (χ4n) is 1.57. The van der Waals surface area contributed by atoms with Crippen LogP contribution in [0.3, 0.4) is 0 Å². The minimum Gasteiger partial charge on any atom is -0.367 e. The number of hydrogen-bond acceptors (Lipinski definition) is 5. The average Bonchev–Trinajstić information content (AvgIpc) is 3.01. The Morgan fingerprint density at radius 2 is 2.25 bits per heavy atom. The van der Waals surface area contributed by atoms with Gasteiger partial charge < -0.3 is 16.0 Å². The molecule has 1 fully saturated rings. The van der Waals surface area contributed by atoms with Crippen molar-refractivity contribution >= 4 is 11.6 Å². The molecule has 2 rings (SSSR count). The normalized spacial score (nSPS) is 14.9. The summed E-state index contributed by atoms with van der Waals surface area (Å²) >= 11 is 0. The van der Waals surface area contributed by atoms with Crippen LogP contribution in [0, 0.1) is 6.92 Å². The van der Waals surface area contributed by atoms with Gasteiger partial charge in [0.25, 0.3) is 0 Å². The Balaban J connectivity index is 2.13. The summed E-state index contributed by atoms with van der Waals surface area (Å²) in [7, 11) is 2.00. The molecule has 0 bridgehead atoms. The van der Waals surface area contributed by atoms with Gasteiger partial charge in [0.1, 0.15) is 17.5 Å². The Hall–Kier alpha value is -1.36. The van der Waals surface area contributed by atoms with Crippen molar-refractivity contribution in [3.05, 3.63) is 11.9 Å². The number of aryl methyl sites for hydroxylation is 1. The lowest BCUT2D eigenvalue weighted by atomic mass is 10.4. The van der Waals surface area contributed by atoms with E-state index in [2.05, 4.69) is 15.3 Å². The number of nitrogens with one attached hydrogen (secondary N) is 1. The highest BCUT2D eigenvalue weighted by molar-refractivity contribution is 5.49. The summed E-state index contributed by atoms with van der Waals surface area (Å²) in [5.41, 5.74) is 5.53. The van der Waals surface area contributed by atoms with Gasteiger partial charge in [-0.3, -0.25) is 0 Å². The molecule has 1 aliphatic rings. The summed E-state index contributed by atoms with van der Waals surface area (Å²) in [6.45, 7) is 3.35. The molecule has 88 valence electrons. The van der Waals surface area contributed by atoms with Crippen molar-refractivity contribution in [2.75, 3.05) is 30.4 Å². The number of likely N-dealkylation sites (N-methyl/N-ethyl adjacent to an activating group) is 1. The molecule has 1 heterocycles. The van der Waals surface area contributed by atoms with Crippen LogP contribution in [-0.4, -0.2) is 36.1 Å². The fraction of sp³-hybridized carbons (Fsp3) is 0.636. The lowest BCUT2D eigenvalue weighted by Gasteiger charge is -2.18. The Kier molecular flexibility index (Phi) is 3.24. The van der Waals surface area contributed by atoms with Crippen LogP contribution in [0.25, 0.3) is 0 Å². The first-order chi connectivity index (χ1) is 7.69. The van der Waals surface area contributed by atoms with E-state index in [0.717, 1.165) is 24.0 Å². The standard InChI is InChI=1S/C11H19N5/c1-8-13-10(15-9-3-4-9)7-11(14-8)16(2)6-5-12/h7,9H,3-6,12H2,1-2H3,(H,13,14,15). The highest BCUT2D eigenvalue weighted by atomic mass is 15.2. The largest absolute Gasteiger partial charge is 0.367 e. The topological polar surface area (TPSA) is 67.1 Å². The van der Waals surface area contributed by atoms with Gasteiger partial charge in [-0.1, -0.05) is 0 Å². The summed E-state index contributed by atoms with van der Waals surface area (Å²) in [6, 6.07) is 2.60. The van der Waals surface area contributed by atoms with E-state index in [4.69, 9.17) is 5.73 Å². The lowest BCUT2D eigenvalue weighted by Crippen LogP contribution is -2.26. The molecule has 0 unspecified atom stereocenters. The van der Waals surface area contributed by atoms with Gasteiger partial charge >= 0.3 is 0 Å². The Labute approximate surface area is 96.1 Å². The Morgan fingerprint density at radius 3 is 2.88 bits per heavy atom. The second kappa shape index (κ2) is 4.65. The highest BCUT2D eigenvalue weighted by Crippen LogP contribution is 2.25. The Morgan fingerprint density at radius 1 is 1.50 bits per heavy atom. The van der Waals surface area contributed by atoms with Gasteiger partial charge in [-0.15, -0.1) is 0 Å². The molecular formula is C11H19N5. The van der Waals surface area contributed by atoms with Crippen LogP contribution in [0.4, 0.5) is 11.6 Å². The highest BCUT2D eigenvalue weighted by Gasteiger charge is 2.21. The van der Waals surface area contributed by atoms with E-state index in [1.54, 1.807) is 0 Å². The fourth-order valence-corrected chi connectivity index (χ4v) is 1.57. The quantitative estimate of drug-likeness (QED) is 0.768. The minimum atomic E-state index is 0.613. The van der Waals surface area contributed by atoms with Crippen LogP contribution in [0.1, 0.15) is 18.7 Å². The molecule has 0 amide bonds. The van der Waals surface area contributed by atoms with E-state index in [1.807, 2.05) is 24.9 Å². The molecule has 16 heavy (non-hydrogen) atoms. The predicted molar refractivity (Wildman–Crippen MR) is 65.7 cm³/mol. The second-order valence-corrected chi connectivity index (χ2v) is 4.29. The zero-order valence-corrected chi connectivity index (χ0v) is 9.90. The molecule has 0 atom stereocenters. The predicted octanol–water partition coefficient (Wildman–Crippen LogP) is 0.754. The van der Waals surface area contributed by atoms with Gasteiger partial charge in [-0.25, -0.2) is 9.97 Å². The maximum atomic E-state index is 5.53. The zero-order valence-electron chi connectivity index (χ0n) is 9.90. The van der Waals surface area contributed by atoms with Crippen molar-refractivity contribution in [3.63, 3.8) is 0 Å². The van der Waals surface area contributed by atoms with Crippen molar-refractivity contribution in [3.8, 4) is 0 Å². The molecule has 0 spiro atoms. The zero-order chi connectivity index (χ0) is 11.5. The maximum absolute atomic E-state index is 5.53. The van der Waals surface area contributed by atoms with Crippen LogP contribution in [-0.2, 0) is 0 Å². The van der Waals surface area contributed by atoms with Crippen LogP contribution in [0.5, 0.6) is 0 Å². The number of anilines is 2. The first-order valence-corrected chi connectivity index (χ1v) is 5.72. The first-order valence-electron chi connectivity index (χ1n) is 5.72. The number of rotatable bonds is 5. The van der Waals surface area contributed by atoms with Crippen molar-refractivity contribution in [1.29, 1.82) is 0 Å². The number of nitrogens with two attached hydrogens (primary N) is 1. The molecule has 1 aromatic rings.